The maximum Gasteiger partial charge on any atom is 0.334 e. The van der Waals surface area contributed by atoms with Gasteiger partial charge in [-0.1, -0.05) is 43.1 Å². The number of hydrazine groups is 1. The Morgan fingerprint density at radius 2 is 1.89 bits per heavy atom. The van der Waals surface area contributed by atoms with E-state index in [1.807, 2.05) is 6.92 Å². The average molecular weight is 250 g/mol. The molecule has 2 N–H and O–H groups in total. The van der Waals surface area contributed by atoms with Crippen molar-refractivity contribution < 1.29 is 14.4 Å². The predicted molar refractivity (Wildman–Crippen MR) is 67.0 cm³/mol. The molecule has 0 radical (unpaired) electrons. The number of benzene rings is 1. The molecule has 1 rings (SSSR count). The van der Waals surface area contributed by atoms with E-state index in [2.05, 4.69) is 0 Å². The molecule has 0 spiro atoms. The highest BCUT2D eigenvalue weighted by molar-refractivity contribution is 5.93. The van der Waals surface area contributed by atoms with Crippen LogP contribution in [0.15, 0.2) is 30.3 Å². The van der Waals surface area contributed by atoms with Gasteiger partial charge in [0.2, 0.25) is 0 Å². The van der Waals surface area contributed by atoms with Gasteiger partial charge in [-0.3, -0.25) is 4.79 Å². The standard InChI is InChI=1S/C13H18N2O3/c1-2-3-5-10-12(16)18-15(14)13(17)11-8-6-4-7-9-11/h4,6-9H,2-3,5,10,14H2,1H3. The minimum absolute atomic E-state index is 0.267. The second-order valence-corrected chi connectivity index (χ2v) is 3.92. The van der Waals surface area contributed by atoms with Crippen LogP contribution in [0.1, 0.15) is 43.0 Å². The zero-order valence-electron chi connectivity index (χ0n) is 10.5. The number of hydroxylamine groups is 1. The van der Waals surface area contributed by atoms with Crippen LogP contribution >= 0.6 is 0 Å². The maximum atomic E-state index is 11.7. The van der Waals surface area contributed by atoms with Crippen LogP contribution in [-0.4, -0.2) is 17.0 Å². The topological polar surface area (TPSA) is 72.6 Å². The number of hydrogen-bond acceptors (Lipinski definition) is 4. The summed E-state index contributed by atoms with van der Waals surface area (Å²) in [5.41, 5.74) is 0.376. The van der Waals surface area contributed by atoms with E-state index in [1.165, 1.54) is 0 Å². The monoisotopic (exact) mass is 250 g/mol. The summed E-state index contributed by atoms with van der Waals surface area (Å²) >= 11 is 0. The van der Waals surface area contributed by atoms with Crippen LogP contribution in [-0.2, 0) is 9.63 Å². The van der Waals surface area contributed by atoms with Gasteiger partial charge in [-0.05, 0) is 18.6 Å². The molecule has 0 unspecified atom stereocenters. The Hall–Kier alpha value is -1.88. The number of rotatable bonds is 5. The second-order valence-electron chi connectivity index (χ2n) is 3.92. The summed E-state index contributed by atoms with van der Waals surface area (Å²) in [7, 11) is 0. The molecule has 0 aliphatic carbocycles. The van der Waals surface area contributed by atoms with Crippen molar-refractivity contribution in [2.24, 2.45) is 5.84 Å². The minimum atomic E-state index is -0.542. The molecular weight excluding hydrogens is 232 g/mol. The average Bonchev–Trinajstić information content (AvgIpc) is 2.39. The summed E-state index contributed by atoms with van der Waals surface area (Å²) in [6.45, 7) is 2.04. The first-order valence-corrected chi connectivity index (χ1v) is 6.00. The molecule has 18 heavy (non-hydrogen) atoms. The van der Waals surface area contributed by atoms with Crippen LogP contribution < -0.4 is 5.84 Å². The Balaban J connectivity index is 2.43. The number of hydrogen-bond donors (Lipinski definition) is 1. The molecule has 0 fully saturated rings. The van der Waals surface area contributed by atoms with E-state index in [9.17, 15) is 9.59 Å². The number of carbonyl (C=O) groups is 2. The van der Waals surface area contributed by atoms with E-state index in [-0.39, 0.29) is 6.42 Å². The predicted octanol–water partition coefficient (Wildman–Crippen LogP) is 2.04. The first-order chi connectivity index (χ1) is 8.65. The molecular formula is C13H18N2O3. The van der Waals surface area contributed by atoms with Gasteiger partial charge in [0.1, 0.15) is 0 Å². The van der Waals surface area contributed by atoms with Gasteiger partial charge in [0.25, 0.3) is 0 Å². The Kier molecular flexibility index (Phi) is 5.87. The van der Waals surface area contributed by atoms with Gasteiger partial charge in [0, 0.05) is 12.0 Å². The molecule has 5 nitrogen and oxygen atoms in total. The van der Waals surface area contributed by atoms with Gasteiger partial charge in [0.05, 0.1) is 0 Å². The summed E-state index contributed by atoms with van der Waals surface area (Å²) in [4.78, 5) is 27.8. The van der Waals surface area contributed by atoms with Crippen molar-refractivity contribution in [3.05, 3.63) is 35.9 Å². The summed E-state index contributed by atoms with van der Waals surface area (Å²) < 4.78 is 0. The number of nitrogens with zero attached hydrogens (tertiary/aromatic N) is 1. The van der Waals surface area contributed by atoms with Gasteiger partial charge in [-0.2, -0.15) is 0 Å². The molecule has 1 amide bonds. The summed E-state index contributed by atoms with van der Waals surface area (Å²) in [5.74, 6) is 4.36. The van der Waals surface area contributed by atoms with Crippen LogP contribution in [0.4, 0.5) is 0 Å². The Labute approximate surface area is 106 Å². The lowest BCUT2D eigenvalue weighted by atomic mass is 10.2. The van der Waals surface area contributed by atoms with Crippen molar-refractivity contribution in [1.29, 1.82) is 0 Å². The molecule has 5 heteroatoms. The number of nitrogens with two attached hydrogens (primary N) is 1. The van der Waals surface area contributed by atoms with Crippen molar-refractivity contribution >= 4 is 11.9 Å². The SMILES string of the molecule is CCCCCC(=O)ON(N)C(=O)c1ccccc1. The van der Waals surface area contributed by atoms with E-state index < -0.39 is 11.9 Å². The van der Waals surface area contributed by atoms with E-state index in [1.54, 1.807) is 30.3 Å². The molecule has 0 saturated carbocycles. The first-order valence-electron chi connectivity index (χ1n) is 6.00. The van der Waals surface area contributed by atoms with Crippen molar-refractivity contribution in [1.82, 2.24) is 5.17 Å². The van der Waals surface area contributed by atoms with Crippen LogP contribution in [0.25, 0.3) is 0 Å². The second kappa shape index (κ2) is 7.45. The molecule has 0 aromatic heterocycles. The Bertz CT molecular complexity index is 392. The summed E-state index contributed by atoms with van der Waals surface area (Å²) in [6, 6.07) is 8.42. The van der Waals surface area contributed by atoms with E-state index in [0.29, 0.717) is 10.7 Å². The lowest BCUT2D eigenvalue weighted by molar-refractivity contribution is -0.178. The molecule has 1 aromatic carbocycles. The summed E-state index contributed by atoms with van der Waals surface area (Å²) in [6.07, 6.45) is 2.97. The van der Waals surface area contributed by atoms with Gasteiger partial charge >= 0.3 is 11.9 Å². The highest BCUT2D eigenvalue weighted by Crippen LogP contribution is 2.05. The third kappa shape index (κ3) is 4.55. The van der Waals surface area contributed by atoms with Crippen LogP contribution in [0.2, 0.25) is 0 Å². The van der Waals surface area contributed by atoms with Crippen LogP contribution in [0, 0.1) is 0 Å². The van der Waals surface area contributed by atoms with E-state index in [0.717, 1.165) is 19.3 Å². The van der Waals surface area contributed by atoms with Crippen molar-refractivity contribution in [3.8, 4) is 0 Å². The Morgan fingerprint density at radius 1 is 1.22 bits per heavy atom. The van der Waals surface area contributed by atoms with Crippen molar-refractivity contribution in [2.45, 2.75) is 32.6 Å². The lowest BCUT2D eigenvalue weighted by Crippen LogP contribution is -2.39. The molecule has 98 valence electrons. The van der Waals surface area contributed by atoms with Crippen molar-refractivity contribution in [3.63, 3.8) is 0 Å². The third-order valence-electron chi connectivity index (χ3n) is 2.41. The highest BCUT2D eigenvalue weighted by Gasteiger charge is 2.16. The highest BCUT2D eigenvalue weighted by atomic mass is 16.7. The quantitative estimate of drug-likeness (QED) is 0.375. The lowest BCUT2D eigenvalue weighted by Gasteiger charge is -2.15. The number of unbranched alkanes of at least 4 members (excludes halogenated alkanes) is 2. The fourth-order valence-electron chi connectivity index (χ4n) is 1.42. The molecule has 0 aliphatic rings. The minimum Gasteiger partial charge on any atom is -0.322 e. The van der Waals surface area contributed by atoms with Gasteiger partial charge in [0.15, 0.2) is 0 Å². The molecule has 1 aromatic rings. The molecule has 0 aliphatic heterocycles. The molecule has 0 heterocycles. The van der Waals surface area contributed by atoms with Gasteiger partial charge in [-0.25, -0.2) is 10.6 Å². The third-order valence-corrected chi connectivity index (χ3v) is 2.41. The maximum absolute atomic E-state index is 11.7. The van der Waals surface area contributed by atoms with Crippen molar-refractivity contribution in [2.75, 3.05) is 0 Å². The first kappa shape index (κ1) is 14.2. The van der Waals surface area contributed by atoms with E-state index >= 15 is 0 Å². The zero-order chi connectivity index (χ0) is 13.4. The van der Waals surface area contributed by atoms with E-state index in [4.69, 9.17) is 10.7 Å². The Morgan fingerprint density at radius 3 is 2.50 bits per heavy atom. The largest absolute Gasteiger partial charge is 0.334 e. The van der Waals surface area contributed by atoms with Gasteiger partial charge < -0.3 is 4.84 Å². The number of carbonyl (C=O) groups excluding carboxylic acids is 2. The summed E-state index contributed by atoms with van der Waals surface area (Å²) in [5, 5.41) is 0.490. The van der Waals surface area contributed by atoms with Gasteiger partial charge in [-0.15, -0.1) is 0 Å². The fourth-order valence-corrected chi connectivity index (χ4v) is 1.42. The molecule has 0 bridgehead atoms. The smallest absolute Gasteiger partial charge is 0.322 e. The normalized spacial score (nSPS) is 9.89. The van der Waals surface area contributed by atoms with Crippen LogP contribution in [0.5, 0.6) is 0 Å². The van der Waals surface area contributed by atoms with Crippen LogP contribution in [0.3, 0.4) is 0 Å². The fraction of sp³-hybridized carbons (Fsp3) is 0.385. The molecule has 0 saturated heterocycles. The molecule has 0 atom stereocenters. The zero-order valence-corrected chi connectivity index (χ0v) is 10.5. The number of amides is 1.